The molecule has 0 spiro atoms. The lowest BCUT2D eigenvalue weighted by Crippen LogP contribution is -2.28. The normalized spacial score (nSPS) is 12.3. The van der Waals surface area contributed by atoms with Crippen molar-refractivity contribution in [2.75, 3.05) is 0 Å². The molecule has 0 bridgehead atoms. The standard InChI is InChI=1S/C19H18F2N4O2/c1-10(22)18-24-15-4-2-3-11(5-6-16(23)26)17(15)19(27)25(18)14-8-12(20)7-13(21)9-14/h2-4,7-10H,5-6,22H2,1H3,(H2,23,26). The molecule has 4 N–H and O–H groups in total. The van der Waals surface area contributed by atoms with Crippen molar-refractivity contribution in [1.29, 1.82) is 0 Å². The Morgan fingerprint density at radius 3 is 2.48 bits per heavy atom. The third kappa shape index (κ3) is 3.70. The number of hydrogen-bond acceptors (Lipinski definition) is 4. The van der Waals surface area contributed by atoms with Crippen LogP contribution in [-0.2, 0) is 11.2 Å². The smallest absolute Gasteiger partial charge is 0.266 e. The fourth-order valence-corrected chi connectivity index (χ4v) is 3.01. The lowest BCUT2D eigenvalue weighted by atomic mass is 10.0. The van der Waals surface area contributed by atoms with Crippen molar-refractivity contribution in [2.24, 2.45) is 11.5 Å². The van der Waals surface area contributed by atoms with Crippen LogP contribution in [0.15, 0.2) is 41.2 Å². The Morgan fingerprint density at radius 2 is 1.89 bits per heavy atom. The summed E-state index contributed by atoms with van der Waals surface area (Å²) in [7, 11) is 0. The topological polar surface area (TPSA) is 104 Å². The number of fused-ring (bicyclic) bond motifs is 1. The Balaban J connectivity index is 2.35. The minimum absolute atomic E-state index is 0.0103. The molecule has 2 aromatic carbocycles. The van der Waals surface area contributed by atoms with E-state index in [0.29, 0.717) is 17.1 Å². The molecule has 0 aliphatic heterocycles. The molecule has 3 rings (SSSR count). The van der Waals surface area contributed by atoms with Crippen LogP contribution in [0.4, 0.5) is 8.78 Å². The van der Waals surface area contributed by atoms with Crippen molar-refractivity contribution in [3.8, 4) is 5.69 Å². The van der Waals surface area contributed by atoms with Gasteiger partial charge in [-0.2, -0.15) is 0 Å². The van der Waals surface area contributed by atoms with E-state index in [1.165, 1.54) is 0 Å². The van der Waals surface area contributed by atoms with Crippen molar-refractivity contribution < 1.29 is 13.6 Å². The van der Waals surface area contributed by atoms with E-state index < -0.39 is 29.1 Å². The SMILES string of the molecule is CC(N)c1nc2cccc(CCC(N)=O)c2c(=O)n1-c1cc(F)cc(F)c1. The summed E-state index contributed by atoms with van der Waals surface area (Å²) in [5.41, 5.74) is 11.6. The zero-order valence-electron chi connectivity index (χ0n) is 14.6. The number of halogens is 2. The van der Waals surface area contributed by atoms with Gasteiger partial charge in [0.05, 0.1) is 22.6 Å². The first-order valence-electron chi connectivity index (χ1n) is 8.33. The zero-order valence-corrected chi connectivity index (χ0v) is 14.6. The maximum Gasteiger partial charge on any atom is 0.266 e. The predicted octanol–water partition coefficient (Wildman–Crippen LogP) is 2.10. The van der Waals surface area contributed by atoms with Gasteiger partial charge in [0, 0.05) is 12.5 Å². The van der Waals surface area contributed by atoms with Gasteiger partial charge in [-0.3, -0.25) is 14.2 Å². The molecule has 1 amide bonds. The van der Waals surface area contributed by atoms with Crippen molar-refractivity contribution in [2.45, 2.75) is 25.8 Å². The zero-order chi connectivity index (χ0) is 19.7. The van der Waals surface area contributed by atoms with Gasteiger partial charge in [-0.15, -0.1) is 0 Å². The molecule has 6 nitrogen and oxygen atoms in total. The lowest BCUT2D eigenvalue weighted by Gasteiger charge is -2.17. The van der Waals surface area contributed by atoms with E-state index in [2.05, 4.69) is 4.98 Å². The van der Waals surface area contributed by atoms with Crippen LogP contribution in [0.2, 0.25) is 0 Å². The van der Waals surface area contributed by atoms with Crippen LogP contribution < -0.4 is 17.0 Å². The van der Waals surface area contributed by atoms with Crippen molar-refractivity contribution in [3.05, 3.63) is 69.8 Å². The lowest BCUT2D eigenvalue weighted by molar-refractivity contribution is -0.117. The summed E-state index contributed by atoms with van der Waals surface area (Å²) in [5, 5.41) is 0.257. The van der Waals surface area contributed by atoms with E-state index in [0.717, 1.165) is 16.7 Å². The highest BCUT2D eigenvalue weighted by Gasteiger charge is 2.18. The van der Waals surface area contributed by atoms with Crippen molar-refractivity contribution in [1.82, 2.24) is 9.55 Å². The molecule has 0 fully saturated rings. The molecule has 0 aliphatic rings. The Morgan fingerprint density at radius 1 is 1.22 bits per heavy atom. The Bertz CT molecular complexity index is 1070. The van der Waals surface area contributed by atoms with Crippen LogP contribution in [0, 0.1) is 11.6 Å². The van der Waals surface area contributed by atoms with Gasteiger partial charge >= 0.3 is 0 Å². The van der Waals surface area contributed by atoms with Gasteiger partial charge in [0.25, 0.3) is 5.56 Å². The number of aryl methyl sites for hydroxylation is 1. The number of nitrogens with zero attached hydrogens (tertiary/aromatic N) is 2. The molecule has 0 saturated heterocycles. The van der Waals surface area contributed by atoms with E-state index in [1.54, 1.807) is 25.1 Å². The number of hydrogen-bond donors (Lipinski definition) is 2. The van der Waals surface area contributed by atoms with Crippen molar-refractivity contribution >= 4 is 16.8 Å². The van der Waals surface area contributed by atoms with Gasteiger partial charge in [0.1, 0.15) is 17.5 Å². The molecule has 1 atom stereocenters. The second kappa shape index (κ2) is 7.24. The molecule has 8 heteroatoms. The number of aromatic nitrogens is 2. The highest BCUT2D eigenvalue weighted by atomic mass is 19.1. The molecule has 1 unspecified atom stereocenters. The van der Waals surface area contributed by atoms with Crippen LogP contribution in [0.1, 0.15) is 30.8 Å². The maximum absolute atomic E-state index is 13.7. The van der Waals surface area contributed by atoms with Gasteiger partial charge in [0.15, 0.2) is 0 Å². The van der Waals surface area contributed by atoms with Crippen molar-refractivity contribution in [3.63, 3.8) is 0 Å². The summed E-state index contributed by atoms with van der Waals surface area (Å²) in [6, 6.07) is 7.17. The molecule has 27 heavy (non-hydrogen) atoms. The van der Waals surface area contributed by atoms with Gasteiger partial charge in [-0.1, -0.05) is 12.1 Å². The summed E-state index contributed by atoms with van der Waals surface area (Å²) in [6.45, 7) is 1.62. The minimum Gasteiger partial charge on any atom is -0.370 e. The summed E-state index contributed by atoms with van der Waals surface area (Å²) in [5.74, 6) is -1.98. The van der Waals surface area contributed by atoms with Crippen LogP contribution in [-0.4, -0.2) is 15.5 Å². The second-order valence-electron chi connectivity index (χ2n) is 6.30. The molecule has 1 heterocycles. The van der Waals surface area contributed by atoms with Gasteiger partial charge in [-0.05, 0) is 37.1 Å². The first-order chi connectivity index (χ1) is 12.8. The van der Waals surface area contributed by atoms with E-state index in [9.17, 15) is 18.4 Å². The maximum atomic E-state index is 13.7. The number of carbonyl (C=O) groups is 1. The highest BCUT2D eigenvalue weighted by molar-refractivity contribution is 5.83. The Kier molecular flexibility index (Phi) is 5.00. The van der Waals surface area contributed by atoms with Gasteiger partial charge in [-0.25, -0.2) is 13.8 Å². The van der Waals surface area contributed by atoms with E-state index in [-0.39, 0.29) is 29.7 Å². The average molecular weight is 372 g/mol. The summed E-state index contributed by atoms with van der Waals surface area (Å²) in [6.07, 6.45) is 0.306. The molecular formula is C19H18F2N4O2. The van der Waals surface area contributed by atoms with Crippen LogP contribution in [0.5, 0.6) is 0 Å². The third-order valence-electron chi connectivity index (χ3n) is 4.16. The number of amides is 1. The van der Waals surface area contributed by atoms with Gasteiger partial charge in [0.2, 0.25) is 5.91 Å². The molecule has 140 valence electrons. The first-order valence-corrected chi connectivity index (χ1v) is 8.33. The largest absolute Gasteiger partial charge is 0.370 e. The fourth-order valence-electron chi connectivity index (χ4n) is 3.01. The van der Waals surface area contributed by atoms with Gasteiger partial charge < -0.3 is 11.5 Å². The predicted molar refractivity (Wildman–Crippen MR) is 97.4 cm³/mol. The van der Waals surface area contributed by atoms with E-state index in [4.69, 9.17) is 11.5 Å². The minimum atomic E-state index is -0.824. The average Bonchev–Trinajstić information content (AvgIpc) is 2.58. The number of nitrogens with two attached hydrogens (primary N) is 2. The monoisotopic (exact) mass is 372 g/mol. The number of carbonyl (C=O) groups excluding carboxylic acids is 1. The van der Waals surface area contributed by atoms with E-state index >= 15 is 0 Å². The molecule has 1 aromatic heterocycles. The molecule has 3 aromatic rings. The summed E-state index contributed by atoms with van der Waals surface area (Å²) in [4.78, 5) is 28.8. The molecule has 0 saturated carbocycles. The summed E-state index contributed by atoms with van der Waals surface area (Å²) < 4.78 is 28.5. The fraction of sp³-hybridized carbons (Fsp3) is 0.211. The summed E-state index contributed by atoms with van der Waals surface area (Å²) >= 11 is 0. The molecular weight excluding hydrogens is 354 g/mol. The van der Waals surface area contributed by atoms with Crippen LogP contribution in [0.3, 0.4) is 0 Å². The Labute approximate surface area is 153 Å². The number of primary amides is 1. The quantitative estimate of drug-likeness (QED) is 0.716. The third-order valence-corrected chi connectivity index (χ3v) is 4.16. The highest BCUT2D eigenvalue weighted by Crippen LogP contribution is 2.21. The number of rotatable bonds is 5. The van der Waals surface area contributed by atoms with Crippen LogP contribution >= 0.6 is 0 Å². The molecule has 0 radical (unpaired) electrons. The molecule has 0 aliphatic carbocycles. The van der Waals surface area contributed by atoms with Crippen LogP contribution in [0.25, 0.3) is 16.6 Å². The van der Waals surface area contributed by atoms with E-state index in [1.807, 2.05) is 0 Å². The number of benzene rings is 2. The second-order valence-corrected chi connectivity index (χ2v) is 6.30. The Hall–Kier alpha value is -3.13. The first kappa shape index (κ1) is 18.7.